The molecule has 1 amide bonds. The molecule has 0 saturated carbocycles. The molecule has 0 spiro atoms. The first-order chi connectivity index (χ1) is 16.5. The van der Waals surface area contributed by atoms with Gasteiger partial charge in [0.2, 0.25) is 5.91 Å². The molecular weight excluding hydrogens is 430 g/mol. The fourth-order valence-electron chi connectivity index (χ4n) is 4.55. The monoisotopic (exact) mass is 455 g/mol. The van der Waals surface area contributed by atoms with Crippen LogP contribution in [0.3, 0.4) is 0 Å². The Morgan fingerprint density at radius 2 is 1.91 bits per heavy atom. The molecule has 2 aromatic carbocycles. The number of ether oxygens (including phenoxy) is 1. The Morgan fingerprint density at radius 3 is 2.62 bits per heavy atom. The van der Waals surface area contributed by atoms with Gasteiger partial charge in [0.05, 0.1) is 19.6 Å². The average Bonchev–Trinajstić information content (AvgIpc) is 3.16. The molecular formula is C25H25N7O2. The quantitative estimate of drug-likeness (QED) is 0.582. The Labute approximate surface area is 197 Å². The van der Waals surface area contributed by atoms with Crippen LogP contribution in [-0.4, -0.2) is 52.8 Å². The van der Waals surface area contributed by atoms with Gasteiger partial charge in [0.1, 0.15) is 17.9 Å². The van der Waals surface area contributed by atoms with Crippen LogP contribution in [-0.2, 0) is 16.8 Å². The summed E-state index contributed by atoms with van der Waals surface area (Å²) in [5, 5.41) is 0. The molecule has 0 radical (unpaired) electrons. The number of amides is 1. The number of benzene rings is 2. The molecule has 2 aliphatic heterocycles. The maximum Gasteiger partial charge on any atom is 0.224 e. The molecule has 2 aliphatic rings. The highest BCUT2D eigenvalue weighted by Crippen LogP contribution is 2.40. The summed E-state index contributed by atoms with van der Waals surface area (Å²) in [6, 6.07) is 16.0. The van der Waals surface area contributed by atoms with Crippen LogP contribution < -0.4 is 16.2 Å². The number of methoxy groups -OCH3 is 1. The van der Waals surface area contributed by atoms with Gasteiger partial charge in [0.15, 0.2) is 11.5 Å². The van der Waals surface area contributed by atoms with Crippen LogP contribution >= 0.6 is 0 Å². The molecule has 5 rings (SSSR count). The van der Waals surface area contributed by atoms with Gasteiger partial charge in [-0.15, -0.1) is 0 Å². The molecule has 172 valence electrons. The first kappa shape index (κ1) is 21.6. The standard InChI is InChI=1S/C25H25N7O2/c1-34-21-7-5-16(6-8-21)10-25(20-4-2-3-17(9-20)18-11-28-15-29-12-18)23-30-13-19(22(26)33)14-32(23)24(27)31-25/h2-9,11-12,15,19H,10,13-14H2,1H3,(H2,26,33)(H2,27,31). The molecule has 4 N–H and O–H groups in total. The van der Waals surface area contributed by atoms with Crippen LogP contribution in [0.15, 0.2) is 77.2 Å². The van der Waals surface area contributed by atoms with E-state index in [-0.39, 0.29) is 0 Å². The molecule has 2 atom stereocenters. The Hall–Kier alpha value is -4.27. The largest absolute Gasteiger partial charge is 0.497 e. The molecule has 9 nitrogen and oxygen atoms in total. The maximum absolute atomic E-state index is 11.9. The minimum Gasteiger partial charge on any atom is -0.497 e. The highest BCUT2D eigenvalue weighted by atomic mass is 16.5. The highest BCUT2D eigenvalue weighted by molar-refractivity contribution is 6.11. The van der Waals surface area contributed by atoms with Crippen molar-refractivity contribution in [3.8, 4) is 16.9 Å². The molecule has 0 saturated heterocycles. The molecule has 0 aliphatic carbocycles. The lowest BCUT2D eigenvalue weighted by molar-refractivity contribution is -0.121. The Bertz CT molecular complexity index is 1270. The van der Waals surface area contributed by atoms with Crippen molar-refractivity contribution in [2.75, 3.05) is 20.2 Å². The van der Waals surface area contributed by atoms with Gasteiger partial charge in [0, 0.05) is 30.9 Å². The van der Waals surface area contributed by atoms with Crippen molar-refractivity contribution in [1.82, 2.24) is 14.9 Å². The van der Waals surface area contributed by atoms with Crippen molar-refractivity contribution >= 4 is 17.7 Å². The first-order valence-electron chi connectivity index (χ1n) is 11.0. The van der Waals surface area contributed by atoms with Gasteiger partial charge >= 0.3 is 0 Å². The fourth-order valence-corrected chi connectivity index (χ4v) is 4.55. The summed E-state index contributed by atoms with van der Waals surface area (Å²) in [6.45, 7) is 0.667. The second-order valence-corrected chi connectivity index (χ2v) is 8.44. The summed E-state index contributed by atoms with van der Waals surface area (Å²) in [5.74, 6) is 1.02. The number of carbonyl (C=O) groups is 1. The van der Waals surface area contributed by atoms with E-state index in [1.807, 2.05) is 47.4 Å². The van der Waals surface area contributed by atoms with Gasteiger partial charge in [-0.25, -0.2) is 15.0 Å². The number of aromatic nitrogens is 2. The topological polar surface area (TPSA) is 132 Å². The zero-order valence-electron chi connectivity index (χ0n) is 18.8. The molecule has 1 aromatic heterocycles. The number of hydrogen-bond acceptors (Lipinski definition) is 8. The van der Waals surface area contributed by atoms with Crippen LogP contribution in [0.25, 0.3) is 11.1 Å². The summed E-state index contributed by atoms with van der Waals surface area (Å²) in [5.41, 5.74) is 15.0. The van der Waals surface area contributed by atoms with Gasteiger partial charge in [-0.2, -0.15) is 0 Å². The SMILES string of the molecule is COc1ccc(CC2(c3cccc(-c4cncnc4)c3)N=C(N)N3CC(C(N)=O)CN=C32)cc1. The van der Waals surface area contributed by atoms with E-state index >= 15 is 0 Å². The number of amidine groups is 1. The van der Waals surface area contributed by atoms with Gasteiger partial charge in [-0.05, 0) is 34.9 Å². The second kappa shape index (κ2) is 8.58. The third kappa shape index (κ3) is 3.75. The Morgan fingerprint density at radius 1 is 1.15 bits per heavy atom. The van der Waals surface area contributed by atoms with E-state index in [0.717, 1.165) is 33.8 Å². The van der Waals surface area contributed by atoms with Crippen LogP contribution in [0.5, 0.6) is 5.75 Å². The molecule has 9 heteroatoms. The summed E-state index contributed by atoms with van der Waals surface area (Å²) >= 11 is 0. The number of hydrogen-bond donors (Lipinski definition) is 2. The van der Waals surface area contributed by atoms with E-state index in [4.69, 9.17) is 26.2 Å². The molecule has 3 aromatic rings. The molecule has 0 bridgehead atoms. The number of primary amides is 1. The lowest BCUT2D eigenvalue weighted by Crippen LogP contribution is -2.51. The first-order valence-corrected chi connectivity index (χ1v) is 11.0. The molecule has 2 unspecified atom stereocenters. The number of rotatable bonds is 6. The number of fused-ring (bicyclic) bond motifs is 1. The third-order valence-electron chi connectivity index (χ3n) is 6.33. The number of guanidine groups is 1. The zero-order valence-corrected chi connectivity index (χ0v) is 18.8. The van der Waals surface area contributed by atoms with E-state index in [1.54, 1.807) is 19.5 Å². The lowest BCUT2D eigenvalue weighted by atomic mass is 9.81. The smallest absolute Gasteiger partial charge is 0.224 e. The van der Waals surface area contributed by atoms with Gasteiger partial charge in [-0.3, -0.25) is 14.7 Å². The van der Waals surface area contributed by atoms with Crippen molar-refractivity contribution in [2.24, 2.45) is 27.4 Å². The predicted molar refractivity (Wildman–Crippen MR) is 129 cm³/mol. The third-order valence-corrected chi connectivity index (χ3v) is 6.33. The van der Waals surface area contributed by atoms with Crippen molar-refractivity contribution in [3.63, 3.8) is 0 Å². The molecule has 3 heterocycles. The summed E-state index contributed by atoms with van der Waals surface area (Å²) in [4.78, 5) is 31.7. The predicted octanol–water partition coefficient (Wildman–Crippen LogP) is 1.73. The normalized spacial score (nSPS) is 21.4. The minimum absolute atomic E-state index is 0.306. The molecule has 34 heavy (non-hydrogen) atoms. The summed E-state index contributed by atoms with van der Waals surface area (Å²) < 4.78 is 5.32. The second-order valence-electron chi connectivity index (χ2n) is 8.44. The fraction of sp³-hybridized carbons (Fsp3) is 0.240. The van der Waals surface area contributed by atoms with Crippen LogP contribution in [0.1, 0.15) is 11.1 Å². The Kier molecular flexibility index (Phi) is 5.45. The van der Waals surface area contributed by atoms with Crippen LogP contribution in [0.2, 0.25) is 0 Å². The van der Waals surface area contributed by atoms with Crippen molar-refractivity contribution in [3.05, 3.63) is 78.4 Å². The summed E-state index contributed by atoms with van der Waals surface area (Å²) in [6.07, 6.45) is 5.58. The molecule has 0 fully saturated rings. The van der Waals surface area contributed by atoms with E-state index in [0.29, 0.717) is 25.5 Å². The van der Waals surface area contributed by atoms with E-state index < -0.39 is 17.4 Å². The minimum atomic E-state index is -0.854. The van der Waals surface area contributed by atoms with Crippen LogP contribution in [0, 0.1) is 5.92 Å². The Balaban J connectivity index is 1.64. The van der Waals surface area contributed by atoms with Gasteiger partial charge < -0.3 is 16.2 Å². The maximum atomic E-state index is 11.9. The van der Waals surface area contributed by atoms with Crippen LogP contribution in [0.4, 0.5) is 0 Å². The average molecular weight is 456 g/mol. The van der Waals surface area contributed by atoms with E-state index in [9.17, 15) is 4.79 Å². The zero-order chi connectivity index (χ0) is 23.7. The number of nitrogens with zero attached hydrogens (tertiary/aromatic N) is 5. The van der Waals surface area contributed by atoms with Crippen molar-refractivity contribution in [1.29, 1.82) is 0 Å². The van der Waals surface area contributed by atoms with Gasteiger partial charge in [0.25, 0.3) is 0 Å². The van der Waals surface area contributed by atoms with E-state index in [1.165, 1.54) is 6.33 Å². The number of aliphatic imine (C=N–C) groups is 2. The highest BCUT2D eigenvalue weighted by Gasteiger charge is 2.49. The summed E-state index contributed by atoms with van der Waals surface area (Å²) in [7, 11) is 1.64. The number of nitrogens with two attached hydrogens (primary N) is 2. The lowest BCUT2D eigenvalue weighted by Gasteiger charge is -2.34. The number of carbonyl (C=O) groups excluding carboxylic acids is 1. The van der Waals surface area contributed by atoms with E-state index in [2.05, 4.69) is 16.0 Å². The van der Waals surface area contributed by atoms with Crippen molar-refractivity contribution in [2.45, 2.75) is 12.0 Å². The van der Waals surface area contributed by atoms with Gasteiger partial charge in [-0.1, -0.05) is 30.3 Å². The van der Waals surface area contributed by atoms with Crippen molar-refractivity contribution < 1.29 is 9.53 Å².